The number of oxazole rings is 1. The van der Waals surface area contributed by atoms with Crippen molar-refractivity contribution in [3.8, 4) is 11.5 Å². The maximum absolute atomic E-state index is 11.2. The van der Waals surface area contributed by atoms with E-state index in [1.165, 1.54) is 19.2 Å². The normalized spacial score (nSPS) is 10.3. The quantitative estimate of drug-likeness (QED) is 0.483. The summed E-state index contributed by atoms with van der Waals surface area (Å²) in [5.74, 6) is 0.300. The van der Waals surface area contributed by atoms with Crippen molar-refractivity contribution in [2.45, 2.75) is 13.3 Å². The van der Waals surface area contributed by atoms with Crippen LogP contribution in [-0.2, 0) is 16.0 Å². The standard InChI is InChI=1S/C13H12N2O5/c1-8-11(7-12(16)19-2)14-13(20-8)9-4-3-5-10(6-9)15(17)18/h3-6H,7H2,1-2H3. The van der Waals surface area contributed by atoms with Crippen LogP contribution in [0.25, 0.3) is 11.5 Å². The molecule has 0 N–H and O–H groups in total. The maximum atomic E-state index is 11.2. The third kappa shape index (κ3) is 2.82. The number of esters is 1. The van der Waals surface area contributed by atoms with Crippen molar-refractivity contribution in [1.29, 1.82) is 0 Å². The summed E-state index contributed by atoms with van der Waals surface area (Å²) in [6.07, 6.45) is 0.000754. The van der Waals surface area contributed by atoms with Crippen LogP contribution in [0.15, 0.2) is 28.7 Å². The Morgan fingerprint density at radius 1 is 1.50 bits per heavy atom. The number of ether oxygens (including phenoxy) is 1. The molecule has 104 valence electrons. The lowest BCUT2D eigenvalue weighted by Gasteiger charge is -1.95. The molecule has 1 aromatic heterocycles. The van der Waals surface area contributed by atoms with Crippen molar-refractivity contribution in [3.05, 3.63) is 45.8 Å². The molecule has 0 saturated heterocycles. The Labute approximate surface area is 114 Å². The molecule has 0 atom stereocenters. The molecule has 0 saturated carbocycles. The molecular formula is C13H12N2O5. The average Bonchev–Trinajstić information content (AvgIpc) is 2.80. The SMILES string of the molecule is COC(=O)Cc1nc(-c2cccc([N+](=O)[O-])c2)oc1C. The maximum Gasteiger partial charge on any atom is 0.311 e. The molecule has 0 fully saturated rings. The Balaban J connectivity index is 2.34. The molecule has 0 amide bonds. The fourth-order valence-electron chi connectivity index (χ4n) is 1.68. The molecule has 0 radical (unpaired) electrons. The topological polar surface area (TPSA) is 95.5 Å². The predicted octanol–water partition coefficient (Wildman–Crippen LogP) is 2.27. The van der Waals surface area contributed by atoms with Gasteiger partial charge in [0.05, 0.1) is 24.1 Å². The molecule has 1 heterocycles. The number of nitro benzene ring substituents is 1. The van der Waals surface area contributed by atoms with Gasteiger partial charge in [-0.2, -0.15) is 0 Å². The van der Waals surface area contributed by atoms with Gasteiger partial charge in [0.25, 0.3) is 5.69 Å². The number of hydrogen-bond acceptors (Lipinski definition) is 6. The summed E-state index contributed by atoms with van der Waals surface area (Å²) in [5, 5.41) is 10.7. The van der Waals surface area contributed by atoms with E-state index in [0.29, 0.717) is 17.0 Å². The van der Waals surface area contributed by atoms with Crippen LogP contribution < -0.4 is 0 Å². The lowest BCUT2D eigenvalue weighted by atomic mass is 10.2. The zero-order valence-electron chi connectivity index (χ0n) is 11.0. The second-order valence-corrected chi connectivity index (χ2v) is 4.08. The first-order valence-corrected chi connectivity index (χ1v) is 5.79. The van der Waals surface area contributed by atoms with E-state index < -0.39 is 10.9 Å². The third-order valence-corrected chi connectivity index (χ3v) is 2.74. The number of aromatic nitrogens is 1. The molecule has 7 heteroatoms. The van der Waals surface area contributed by atoms with E-state index in [-0.39, 0.29) is 18.0 Å². The highest BCUT2D eigenvalue weighted by atomic mass is 16.6. The summed E-state index contributed by atoms with van der Waals surface area (Å²) in [6.45, 7) is 1.67. The van der Waals surface area contributed by atoms with E-state index >= 15 is 0 Å². The molecule has 0 aliphatic carbocycles. The van der Waals surface area contributed by atoms with Crippen LogP contribution in [-0.4, -0.2) is 23.0 Å². The lowest BCUT2D eigenvalue weighted by Crippen LogP contribution is -2.05. The van der Waals surface area contributed by atoms with Gasteiger partial charge in [0.1, 0.15) is 5.76 Å². The molecule has 0 aliphatic heterocycles. The van der Waals surface area contributed by atoms with Gasteiger partial charge in [0.15, 0.2) is 0 Å². The first-order chi connectivity index (χ1) is 9.51. The number of methoxy groups -OCH3 is 1. The summed E-state index contributed by atoms with van der Waals surface area (Å²) in [7, 11) is 1.29. The molecule has 2 aromatic rings. The molecule has 0 bridgehead atoms. The zero-order valence-corrected chi connectivity index (χ0v) is 11.0. The van der Waals surface area contributed by atoms with Gasteiger partial charge in [0, 0.05) is 17.7 Å². The van der Waals surface area contributed by atoms with E-state index in [9.17, 15) is 14.9 Å². The van der Waals surface area contributed by atoms with Crippen molar-refractivity contribution in [1.82, 2.24) is 4.98 Å². The number of carbonyl (C=O) groups excluding carboxylic acids is 1. The van der Waals surface area contributed by atoms with Crippen LogP contribution >= 0.6 is 0 Å². The van der Waals surface area contributed by atoms with E-state index in [1.807, 2.05) is 0 Å². The smallest absolute Gasteiger partial charge is 0.311 e. The first-order valence-electron chi connectivity index (χ1n) is 5.79. The van der Waals surface area contributed by atoms with Gasteiger partial charge >= 0.3 is 5.97 Å². The highest BCUT2D eigenvalue weighted by Gasteiger charge is 2.16. The van der Waals surface area contributed by atoms with Gasteiger partial charge in [-0.25, -0.2) is 4.98 Å². The number of benzene rings is 1. The molecule has 1 aromatic carbocycles. The highest BCUT2D eigenvalue weighted by molar-refractivity contribution is 5.72. The minimum absolute atomic E-state index is 0.000754. The van der Waals surface area contributed by atoms with Crippen LogP contribution in [0, 0.1) is 17.0 Å². The van der Waals surface area contributed by atoms with Crippen LogP contribution in [0.5, 0.6) is 0 Å². The number of nitro groups is 1. The number of rotatable bonds is 4. The number of hydrogen-bond donors (Lipinski definition) is 0. The van der Waals surface area contributed by atoms with E-state index in [1.54, 1.807) is 19.1 Å². The van der Waals surface area contributed by atoms with Crippen molar-refractivity contribution in [2.75, 3.05) is 7.11 Å². The summed E-state index contributed by atoms with van der Waals surface area (Å²) in [4.78, 5) is 25.7. The van der Waals surface area contributed by atoms with E-state index in [4.69, 9.17) is 4.42 Å². The number of carbonyl (C=O) groups is 1. The Bertz CT molecular complexity index is 663. The number of non-ortho nitro benzene ring substituents is 1. The van der Waals surface area contributed by atoms with E-state index in [2.05, 4.69) is 9.72 Å². The summed E-state index contributed by atoms with van der Waals surface area (Å²) in [6, 6.07) is 5.95. The molecule has 20 heavy (non-hydrogen) atoms. The predicted molar refractivity (Wildman–Crippen MR) is 69.1 cm³/mol. The number of nitrogens with zero attached hydrogens (tertiary/aromatic N) is 2. The zero-order chi connectivity index (χ0) is 14.7. The Morgan fingerprint density at radius 2 is 2.25 bits per heavy atom. The van der Waals surface area contributed by atoms with Crippen LogP contribution in [0.4, 0.5) is 5.69 Å². The van der Waals surface area contributed by atoms with Crippen molar-refractivity contribution >= 4 is 11.7 Å². The van der Waals surface area contributed by atoms with Crippen LogP contribution in [0.1, 0.15) is 11.5 Å². The van der Waals surface area contributed by atoms with Crippen LogP contribution in [0.3, 0.4) is 0 Å². The summed E-state index contributed by atoms with van der Waals surface area (Å²) < 4.78 is 10.0. The second kappa shape index (κ2) is 5.52. The third-order valence-electron chi connectivity index (χ3n) is 2.74. The fraction of sp³-hybridized carbons (Fsp3) is 0.231. The van der Waals surface area contributed by atoms with Gasteiger partial charge in [-0.05, 0) is 13.0 Å². The minimum atomic E-state index is -0.491. The minimum Gasteiger partial charge on any atom is -0.469 e. The van der Waals surface area contributed by atoms with Gasteiger partial charge in [-0.3, -0.25) is 14.9 Å². The van der Waals surface area contributed by atoms with Gasteiger partial charge < -0.3 is 9.15 Å². The van der Waals surface area contributed by atoms with Crippen LogP contribution in [0.2, 0.25) is 0 Å². The molecule has 0 aliphatic rings. The molecule has 0 spiro atoms. The second-order valence-electron chi connectivity index (χ2n) is 4.08. The average molecular weight is 276 g/mol. The van der Waals surface area contributed by atoms with Gasteiger partial charge in [0.2, 0.25) is 5.89 Å². The fourth-order valence-corrected chi connectivity index (χ4v) is 1.68. The van der Waals surface area contributed by atoms with Gasteiger partial charge in [-0.15, -0.1) is 0 Å². The first kappa shape index (κ1) is 13.7. The van der Waals surface area contributed by atoms with Crippen molar-refractivity contribution in [2.24, 2.45) is 0 Å². The summed E-state index contributed by atoms with van der Waals surface area (Å²) in [5.41, 5.74) is 0.893. The monoisotopic (exact) mass is 276 g/mol. The lowest BCUT2D eigenvalue weighted by molar-refractivity contribution is -0.384. The summed E-state index contributed by atoms with van der Waals surface area (Å²) >= 11 is 0. The van der Waals surface area contributed by atoms with E-state index in [0.717, 1.165) is 0 Å². The van der Waals surface area contributed by atoms with Gasteiger partial charge in [-0.1, -0.05) is 6.07 Å². The molecule has 7 nitrogen and oxygen atoms in total. The Kier molecular flexibility index (Phi) is 3.79. The molecule has 0 unspecified atom stereocenters. The highest BCUT2D eigenvalue weighted by Crippen LogP contribution is 2.25. The molecule has 2 rings (SSSR count). The van der Waals surface area contributed by atoms with Crippen molar-refractivity contribution in [3.63, 3.8) is 0 Å². The Morgan fingerprint density at radius 3 is 2.90 bits per heavy atom. The number of aryl methyl sites for hydroxylation is 1. The van der Waals surface area contributed by atoms with Crippen molar-refractivity contribution < 1.29 is 18.9 Å². The Hall–Kier alpha value is -2.70. The largest absolute Gasteiger partial charge is 0.469 e. The molecular weight excluding hydrogens is 264 g/mol.